The first-order valence-electron chi connectivity index (χ1n) is 4.33. The van der Waals surface area contributed by atoms with Gasteiger partial charge in [-0.15, -0.1) is 0 Å². The Hall–Kier alpha value is -0.370. The zero-order valence-corrected chi connectivity index (χ0v) is 7.89. The Labute approximate surface area is 69.6 Å². The summed E-state index contributed by atoms with van der Waals surface area (Å²) in [7, 11) is 3.99. The predicted octanol–water partition coefficient (Wildman–Crippen LogP) is 1.70. The van der Waals surface area contributed by atoms with Gasteiger partial charge in [-0.25, -0.2) is 0 Å². The van der Waals surface area contributed by atoms with E-state index in [1.165, 1.54) is 0 Å². The van der Waals surface area contributed by atoms with Gasteiger partial charge < -0.3 is 4.90 Å². The largest absolute Gasteiger partial charge is 0.309 e. The van der Waals surface area contributed by atoms with Crippen LogP contribution in [0.1, 0.15) is 32.6 Å². The summed E-state index contributed by atoms with van der Waals surface area (Å²) in [5, 5.41) is 0. The molecular formula is C9H19NO. The average Bonchev–Trinajstić information content (AvgIpc) is 1.97. The third-order valence-electron chi connectivity index (χ3n) is 1.65. The maximum atomic E-state index is 11.1. The Kier molecular flexibility index (Phi) is 6.13. The van der Waals surface area contributed by atoms with Crippen LogP contribution in [0, 0.1) is 0 Å². The zero-order valence-electron chi connectivity index (χ0n) is 7.89. The highest BCUT2D eigenvalue weighted by Gasteiger charge is 2.00. The maximum absolute atomic E-state index is 11.1. The molecule has 0 radical (unpaired) electrons. The van der Waals surface area contributed by atoms with Crippen molar-refractivity contribution in [3.05, 3.63) is 0 Å². The van der Waals surface area contributed by atoms with Gasteiger partial charge in [-0.2, -0.15) is 0 Å². The van der Waals surface area contributed by atoms with E-state index < -0.39 is 0 Å². The Morgan fingerprint density at radius 2 is 1.91 bits per heavy atom. The van der Waals surface area contributed by atoms with Crippen LogP contribution < -0.4 is 0 Å². The average molecular weight is 157 g/mol. The molecule has 0 amide bonds. The van der Waals surface area contributed by atoms with E-state index in [1.807, 2.05) is 19.0 Å². The van der Waals surface area contributed by atoms with E-state index in [0.717, 1.165) is 25.8 Å². The summed E-state index contributed by atoms with van der Waals surface area (Å²) >= 11 is 0. The number of rotatable bonds is 6. The second-order valence-electron chi connectivity index (χ2n) is 3.20. The quantitative estimate of drug-likeness (QED) is 0.585. The van der Waals surface area contributed by atoms with Crippen molar-refractivity contribution >= 4 is 5.78 Å². The molecule has 0 saturated carbocycles. The summed E-state index contributed by atoms with van der Waals surface area (Å²) < 4.78 is 0. The molecule has 0 aromatic carbocycles. The Morgan fingerprint density at radius 1 is 1.27 bits per heavy atom. The number of hydrogen-bond donors (Lipinski definition) is 0. The van der Waals surface area contributed by atoms with Crippen LogP contribution in [-0.4, -0.2) is 31.3 Å². The van der Waals surface area contributed by atoms with Crippen LogP contribution in [-0.2, 0) is 4.79 Å². The van der Waals surface area contributed by atoms with E-state index in [9.17, 15) is 4.79 Å². The molecule has 2 heteroatoms. The van der Waals surface area contributed by atoms with Gasteiger partial charge in [0.05, 0.1) is 0 Å². The monoisotopic (exact) mass is 157 g/mol. The molecule has 0 saturated heterocycles. The molecule has 0 aromatic heterocycles. The van der Waals surface area contributed by atoms with Gasteiger partial charge in [-0.3, -0.25) is 4.79 Å². The summed E-state index contributed by atoms with van der Waals surface area (Å²) in [6, 6.07) is 0. The highest BCUT2D eigenvalue weighted by Crippen LogP contribution is 1.98. The van der Waals surface area contributed by atoms with E-state index >= 15 is 0 Å². The van der Waals surface area contributed by atoms with Crippen LogP contribution in [0.4, 0.5) is 0 Å². The molecule has 0 unspecified atom stereocenters. The van der Waals surface area contributed by atoms with E-state index in [2.05, 4.69) is 6.92 Å². The molecule has 0 fully saturated rings. The molecule has 66 valence electrons. The molecule has 2 nitrogen and oxygen atoms in total. The van der Waals surface area contributed by atoms with Crippen molar-refractivity contribution in [2.75, 3.05) is 20.6 Å². The van der Waals surface area contributed by atoms with Crippen molar-refractivity contribution in [1.29, 1.82) is 0 Å². The zero-order chi connectivity index (χ0) is 8.69. The van der Waals surface area contributed by atoms with Crippen molar-refractivity contribution in [3.8, 4) is 0 Å². The number of carbonyl (C=O) groups is 1. The molecule has 0 rings (SSSR count). The van der Waals surface area contributed by atoms with Gasteiger partial charge >= 0.3 is 0 Å². The molecule has 0 N–H and O–H groups in total. The lowest BCUT2D eigenvalue weighted by Crippen LogP contribution is -2.16. The second-order valence-corrected chi connectivity index (χ2v) is 3.20. The predicted molar refractivity (Wildman–Crippen MR) is 47.7 cm³/mol. The molecule has 0 spiro atoms. The lowest BCUT2D eigenvalue weighted by atomic mass is 10.1. The van der Waals surface area contributed by atoms with Gasteiger partial charge in [0.25, 0.3) is 0 Å². The number of carbonyl (C=O) groups excluding carboxylic acids is 1. The highest BCUT2D eigenvalue weighted by atomic mass is 16.1. The first-order chi connectivity index (χ1) is 5.16. The van der Waals surface area contributed by atoms with Crippen molar-refractivity contribution in [1.82, 2.24) is 4.90 Å². The molecule has 0 aliphatic carbocycles. The van der Waals surface area contributed by atoms with Gasteiger partial charge in [0.2, 0.25) is 0 Å². The topological polar surface area (TPSA) is 20.3 Å². The summed E-state index contributed by atoms with van der Waals surface area (Å²) in [6.07, 6.45) is 3.65. The van der Waals surface area contributed by atoms with Crippen LogP contribution in [0.3, 0.4) is 0 Å². The van der Waals surface area contributed by atoms with E-state index in [-0.39, 0.29) is 0 Å². The number of Topliss-reactive ketones (excluding diaryl/α,β-unsaturated/α-hetero) is 1. The minimum absolute atomic E-state index is 0.403. The van der Waals surface area contributed by atoms with E-state index in [0.29, 0.717) is 12.2 Å². The summed E-state index contributed by atoms with van der Waals surface area (Å²) in [5.74, 6) is 0.403. The van der Waals surface area contributed by atoms with Gasteiger partial charge in [-0.05, 0) is 20.5 Å². The fourth-order valence-electron chi connectivity index (χ4n) is 0.847. The SMILES string of the molecule is CCCCC(=O)CCN(C)C. The first kappa shape index (κ1) is 10.6. The standard InChI is InChI=1S/C9H19NO/c1-4-5-6-9(11)7-8-10(2)3/h4-8H2,1-3H3. The minimum Gasteiger partial charge on any atom is -0.309 e. The molecule has 0 atom stereocenters. The summed E-state index contributed by atoms with van der Waals surface area (Å²) in [5.41, 5.74) is 0. The molecule has 0 aliphatic heterocycles. The highest BCUT2D eigenvalue weighted by molar-refractivity contribution is 5.78. The molecule has 11 heavy (non-hydrogen) atoms. The van der Waals surface area contributed by atoms with Crippen molar-refractivity contribution < 1.29 is 4.79 Å². The lowest BCUT2D eigenvalue weighted by Gasteiger charge is -2.07. The molecular weight excluding hydrogens is 138 g/mol. The summed E-state index contributed by atoms with van der Waals surface area (Å²) in [6.45, 7) is 3.00. The lowest BCUT2D eigenvalue weighted by molar-refractivity contribution is -0.119. The Bertz CT molecular complexity index is 110. The number of nitrogens with zero attached hydrogens (tertiary/aromatic N) is 1. The third kappa shape index (κ3) is 7.53. The Balaban J connectivity index is 3.23. The fourth-order valence-corrected chi connectivity index (χ4v) is 0.847. The van der Waals surface area contributed by atoms with Gasteiger partial charge in [0, 0.05) is 19.4 Å². The maximum Gasteiger partial charge on any atom is 0.134 e. The van der Waals surface area contributed by atoms with E-state index in [1.54, 1.807) is 0 Å². The number of unbranched alkanes of at least 4 members (excludes halogenated alkanes) is 1. The Morgan fingerprint density at radius 3 is 2.36 bits per heavy atom. The van der Waals surface area contributed by atoms with Crippen molar-refractivity contribution in [2.45, 2.75) is 32.6 Å². The molecule has 0 aromatic rings. The second kappa shape index (κ2) is 6.35. The number of hydrogen-bond acceptors (Lipinski definition) is 2. The van der Waals surface area contributed by atoms with Gasteiger partial charge in [-0.1, -0.05) is 13.3 Å². The van der Waals surface area contributed by atoms with Crippen LogP contribution in [0.5, 0.6) is 0 Å². The van der Waals surface area contributed by atoms with Crippen LogP contribution >= 0.6 is 0 Å². The molecule has 0 bridgehead atoms. The smallest absolute Gasteiger partial charge is 0.134 e. The van der Waals surface area contributed by atoms with Crippen LogP contribution in [0.25, 0.3) is 0 Å². The summed E-state index contributed by atoms with van der Waals surface area (Å²) in [4.78, 5) is 13.1. The molecule has 0 aliphatic rings. The van der Waals surface area contributed by atoms with Crippen LogP contribution in [0.15, 0.2) is 0 Å². The van der Waals surface area contributed by atoms with Gasteiger partial charge in [0.15, 0.2) is 0 Å². The minimum atomic E-state index is 0.403. The first-order valence-corrected chi connectivity index (χ1v) is 4.33. The van der Waals surface area contributed by atoms with Crippen molar-refractivity contribution in [2.24, 2.45) is 0 Å². The number of ketones is 1. The fraction of sp³-hybridized carbons (Fsp3) is 0.889. The normalized spacial score (nSPS) is 10.5. The van der Waals surface area contributed by atoms with Gasteiger partial charge in [0.1, 0.15) is 5.78 Å². The third-order valence-corrected chi connectivity index (χ3v) is 1.65. The van der Waals surface area contributed by atoms with Crippen LogP contribution in [0.2, 0.25) is 0 Å². The molecule has 0 heterocycles. The van der Waals surface area contributed by atoms with E-state index in [4.69, 9.17) is 0 Å². The van der Waals surface area contributed by atoms with Crippen molar-refractivity contribution in [3.63, 3.8) is 0 Å².